The van der Waals surface area contributed by atoms with Gasteiger partial charge in [0, 0.05) is 0 Å². The molecule has 1 aromatic rings. The zero-order chi connectivity index (χ0) is 14.0. The molecule has 11 heteroatoms. The molecule has 1 aliphatic rings. The first-order valence-corrected chi connectivity index (χ1v) is 6.45. The van der Waals surface area contributed by atoms with Gasteiger partial charge in [-0.2, -0.15) is 5.26 Å². The normalized spacial score (nSPS) is 30.2. The number of rotatable bonds is 4. The fourth-order valence-corrected chi connectivity index (χ4v) is 1.84. The lowest BCUT2D eigenvalue weighted by Gasteiger charge is -2.13. The summed E-state index contributed by atoms with van der Waals surface area (Å²) in [4.78, 5) is 3.62. The van der Waals surface area contributed by atoms with Crippen LogP contribution in [0.2, 0.25) is 0 Å². The Kier molecular flexibility index (Phi) is 4.04. The fourth-order valence-electron chi connectivity index (χ4n) is 1.57. The third-order valence-electron chi connectivity index (χ3n) is 2.41. The fraction of sp³-hybridized carbons (Fsp3) is 0.625. The third-order valence-corrected chi connectivity index (χ3v) is 2.77. The molecule has 0 unspecified atom stereocenters. The lowest BCUT2D eigenvalue weighted by molar-refractivity contribution is -0.168. The van der Waals surface area contributed by atoms with E-state index < -0.39 is 38.8 Å². The standard InChI is InChI=1S/C8H9N4O6P/c9-1-4-10-2-12(11-4)7-5(13)6(14)8(18-7)17-3-19(15)16/h2,5-8,13-14H,3H2/t5-,6+,7-,8+/m1/s1. The Morgan fingerprint density at radius 2 is 2.26 bits per heavy atom. The second-order valence-electron chi connectivity index (χ2n) is 3.66. The van der Waals surface area contributed by atoms with E-state index in [0.717, 1.165) is 11.0 Å². The molecule has 0 aromatic carbocycles. The van der Waals surface area contributed by atoms with Crippen LogP contribution in [0.4, 0.5) is 0 Å². The van der Waals surface area contributed by atoms with Gasteiger partial charge in [-0.15, -0.1) is 5.10 Å². The van der Waals surface area contributed by atoms with E-state index in [2.05, 4.69) is 10.1 Å². The van der Waals surface area contributed by atoms with Gasteiger partial charge in [0.2, 0.25) is 0 Å². The third kappa shape index (κ3) is 2.86. The number of hydrogen-bond donors (Lipinski definition) is 2. The van der Waals surface area contributed by atoms with Gasteiger partial charge in [0.25, 0.3) is 5.82 Å². The van der Waals surface area contributed by atoms with Gasteiger partial charge in [-0.05, 0) is 0 Å². The van der Waals surface area contributed by atoms with Crippen molar-refractivity contribution in [1.82, 2.24) is 14.8 Å². The Morgan fingerprint density at radius 1 is 1.53 bits per heavy atom. The molecule has 19 heavy (non-hydrogen) atoms. The summed E-state index contributed by atoms with van der Waals surface area (Å²) in [5.74, 6) is -0.128. The largest absolute Gasteiger partial charge is 0.385 e. The number of aromatic nitrogens is 3. The van der Waals surface area contributed by atoms with E-state index in [4.69, 9.17) is 14.7 Å². The molecular weight excluding hydrogens is 279 g/mol. The van der Waals surface area contributed by atoms with E-state index in [9.17, 15) is 19.3 Å². The quantitative estimate of drug-likeness (QED) is 0.656. The Balaban J connectivity index is 2.09. The van der Waals surface area contributed by atoms with Gasteiger partial charge in [0.05, 0.1) is 0 Å². The van der Waals surface area contributed by atoms with Gasteiger partial charge in [0.15, 0.2) is 18.9 Å². The highest BCUT2D eigenvalue weighted by Gasteiger charge is 2.45. The molecule has 1 aliphatic heterocycles. The van der Waals surface area contributed by atoms with Crippen molar-refractivity contribution < 1.29 is 28.8 Å². The molecular formula is C8H9N4O6P. The first kappa shape index (κ1) is 13.8. The summed E-state index contributed by atoms with van der Waals surface area (Å²) in [6.45, 7) is 0. The summed E-state index contributed by atoms with van der Waals surface area (Å²) in [7, 11) is -2.79. The maximum atomic E-state index is 10.4. The predicted octanol–water partition coefficient (Wildman–Crippen LogP) is -1.13. The summed E-state index contributed by atoms with van der Waals surface area (Å²) in [5.41, 5.74) is 0. The Morgan fingerprint density at radius 3 is 2.84 bits per heavy atom. The zero-order valence-corrected chi connectivity index (χ0v) is 10.3. The molecule has 2 rings (SSSR count). The van der Waals surface area contributed by atoms with E-state index in [1.54, 1.807) is 6.07 Å². The van der Waals surface area contributed by atoms with E-state index >= 15 is 0 Å². The lowest BCUT2D eigenvalue weighted by atomic mass is 10.2. The molecule has 2 N–H and O–H groups in total. The van der Waals surface area contributed by atoms with Crippen molar-refractivity contribution in [3.8, 4) is 6.07 Å². The van der Waals surface area contributed by atoms with Gasteiger partial charge in [-0.25, -0.2) is 18.8 Å². The van der Waals surface area contributed by atoms with Crippen LogP contribution in [0.25, 0.3) is 0 Å². The highest BCUT2D eigenvalue weighted by molar-refractivity contribution is 7.30. The number of hydrogen-bond acceptors (Lipinski definition) is 9. The minimum absolute atomic E-state index is 0.128. The predicted molar refractivity (Wildman–Crippen MR) is 54.9 cm³/mol. The second kappa shape index (κ2) is 5.56. The van der Waals surface area contributed by atoms with Gasteiger partial charge >= 0.3 is 7.68 Å². The molecule has 0 saturated carbocycles. The van der Waals surface area contributed by atoms with Crippen LogP contribution >= 0.6 is 7.68 Å². The van der Waals surface area contributed by atoms with Crippen molar-refractivity contribution in [2.24, 2.45) is 0 Å². The number of aliphatic hydroxyl groups is 2. The average Bonchev–Trinajstić information content (AvgIpc) is 2.95. The van der Waals surface area contributed by atoms with Crippen molar-refractivity contribution in [2.45, 2.75) is 24.7 Å². The van der Waals surface area contributed by atoms with Crippen molar-refractivity contribution >= 4 is 7.68 Å². The minimum Gasteiger partial charge on any atom is -0.385 e. The summed E-state index contributed by atoms with van der Waals surface area (Å²) in [6, 6.07) is 1.69. The molecule has 1 fully saturated rings. The van der Waals surface area contributed by atoms with Crippen molar-refractivity contribution in [3.05, 3.63) is 12.2 Å². The zero-order valence-electron chi connectivity index (χ0n) is 9.36. The molecule has 0 amide bonds. The van der Waals surface area contributed by atoms with E-state index in [1.807, 2.05) is 0 Å². The molecule has 2 heterocycles. The maximum Gasteiger partial charge on any atom is 0.342 e. The molecule has 10 nitrogen and oxygen atoms in total. The SMILES string of the molecule is N#Cc1ncn([C@@H]2O[C@H](OCP(=O)=O)[C@@H](O)[C@H]2O)n1. The lowest BCUT2D eigenvalue weighted by Crippen LogP contribution is -2.32. The van der Waals surface area contributed by atoms with Crippen molar-refractivity contribution in [3.63, 3.8) is 0 Å². The average molecular weight is 288 g/mol. The van der Waals surface area contributed by atoms with Gasteiger partial charge < -0.3 is 19.7 Å². The van der Waals surface area contributed by atoms with E-state index in [-0.39, 0.29) is 5.82 Å². The minimum atomic E-state index is -2.79. The van der Waals surface area contributed by atoms with Crippen LogP contribution < -0.4 is 0 Å². The monoisotopic (exact) mass is 288 g/mol. The van der Waals surface area contributed by atoms with Crippen LogP contribution in [0.1, 0.15) is 12.1 Å². The molecule has 0 spiro atoms. The summed E-state index contributed by atoms with van der Waals surface area (Å²) in [6.07, 6.45) is -4.73. The Hall–Kier alpha value is -1.63. The summed E-state index contributed by atoms with van der Waals surface area (Å²) in [5, 5.41) is 31.7. The van der Waals surface area contributed by atoms with E-state index in [0.29, 0.717) is 0 Å². The van der Waals surface area contributed by atoms with E-state index in [1.165, 1.54) is 0 Å². The van der Waals surface area contributed by atoms with Gasteiger partial charge in [-0.1, -0.05) is 0 Å². The van der Waals surface area contributed by atoms with Crippen LogP contribution in [0.15, 0.2) is 6.33 Å². The molecule has 0 radical (unpaired) electrons. The molecule has 1 aromatic heterocycles. The Labute approximate surface area is 107 Å². The second-order valence-corrected chi connectivity index (χ2v) is 4.59. The molecule has 0 bridgehead atoms. The van der Waals surface area contributed by atoms with Crippen LogP contribution in [0.5, 0.6) is 0 Å². The van der Waals surface area contributed by atoms with Crippen molar-refractivity contribution in [1.29, 1.82) is 5.26 Å². The number of ether oxygens (including phenoxy) is 2. The van der Waals surface area contributed by atoms with Crippen molar-refractivity contribution in [2.75, 3.05) is 6.35 Å². The van der Waals surface area contributed by atoms with Crippen LogP contribution in [0.3, 0.4) is 0 Å². The van der Waals surface area contributed by atoms with Gasteiger partial charge in [0.1, 0.15) is 24.6 Å². The van der Waals surface area contributed by atoms with Crippen LogP contribution in [-0.4, -0.2) is 49.8 Å². The topological polar surface area (TPSA) is 148 Å². The van der Waals surface area contributed by atoms with Crippen LogP contribution in [0, 0.1) is 11.3 Å². The highest BCUT2D eigenvalue weighted by Crippen LogP contribution is 2.30. The molecule has 1 saturated heterocycles. The number of nitriles is 1. The Bertz CT molecular complexity index is 558. The van der Waals surface area contributed by atoms with Crippen LogP contribution in [-0.2, 0) is 18.6 Å². The highest BCUT2D eigenvalue weighted by atomic mass is 31.1. The maximum absolute atomic E-state index is 10.4. The number of nitrogens with zero attached hydrogens (tertiary/aromatic N) is 4. The molecule has 102 valence electrons. The summed E-state index contributed by atoms with van der Waals surface area (Å²) >= 11 is 0. The smallest absolute Gasteiger partial charge is 0.342 e. The summed E-state index contributed by atoms with van der Waals surface area (Å²) < 4.78 is 31.7. The number of aliphatic hydroxyl groups excluding tert-OH is 2. The molecule has 0 aliphatic carbocycles. The first-order chi connectivity index (χ1) is 9.02. The van der Waals surface area contributed by atoms with Gasteiger partial charge in [-0.3, -0.25) is 0 Å². The molecule has 4 atom stereocenters. The first-order valence-electron chi connectivity index (χ1n) is 5.09.